The lowest BCUT2D eigenvalue weighted by atomic mass is 9.92. The first-order chi connectivity index (χ1) is 17.1. The third kappa shape index (κ3) is 5.35. The van der Waals surface area contributed by atoms with Crippen LogP contribution in [0.1, 0.15) is 52.9 Å². The molecule has 2 aromatic carbocycles. The highest BCUT2D eigenvalue weighted by Gasteiger charge is 2.40. The van der Waals surface area contributed by atoms with E-state index in [0.717, 1.165) is 31.2 Å². The maximum absolute atomic E-state index is 14.4. The number of nitrogens with one attached hydrogen (secondary N) is 1. The lowest BCUT2D eigenvalue weighted by Crippen LogP contribution is -2.50. The molecule has 35 heavy (non-hydrogen) atoms. The number of amides is 2. The summed E-state index contributed by atoms with van der Waals surface area (Å²) in [6.45, 7) is 0.600. The summed E-state index contributed by atoms with van der Waals surface area (Å²) < 4.78 is 19.6. The van der Waals surface area contributed by atoms with Crippen LogP contribution >= 0.6 is 11.8 Å². The maximum Gasteiger partial charge on any atom is 0.260 e. The van der Waals surface area contributed by atoms with Crippen molar-refractivity contribution in [1.29, 1.82) is 0 Å². The Morgan fingerprint density at radius 3 is 2.66 bits per heavy atom. The molecular formula is C28H27FN2O3S. The lowest BCUT2D eigenvalue weighted by molar-refractivity contribution is -0.130. The molecule has 5 nitrogen and oxygen atoms in total. The third-order valence-electron chi connectivity index (χ3n) is 6.59. The highest BCUT2D eigenvalue weighted by Crippen LogP contribution is 2.42. The summed E-state index contributed by atoms with van der Waals surface area (Å²) in [5, 5.41) is 3.14. The molecule has 2 atom stereocenters. The van der Waals surface area contributed by atoms with Crippen molar-refractivity contribution in [3.8, 4) is 0 Å². The number of halogens is 1. The molecule has 2 amide bonds. The van der Waals surface area contributed by atoms with E-state index in [2.05, 4.69) is 5.32 Å². The van der Waals surface area contributed by atoms with Gasteiger partial charge in [0, 0.05) is 29.0 Å². The standard InChI is InChI=1S/C28H27FN2O3S/c29-23-8-2-1-6-21(23)18-31-24-9-3-4-10-25(24)35-26(28(31)33)16-19-11-13-20(14-12-19)27(32)30-17-22-7-5-15-34-22/h1-2,5-8,11-16,24-25H,3-4,9-10,17-18H2,(H,30,32)/b26-16-. The minimum Gasteiger partial charge on any atom is -0.467 e. The van der Waals surface area contributed by atoms with Gasteiger partial charge >= 0.3 is 0 Å². The molecule has 1 saturated carbocycles. The first kappa shape index (κ1) is 23.4. The number of thioether (sulfide) groups is 1. The van der Waals surface area contributed by atoms with E-state index in [1.54, 1.807) is 54.4 Å². The van der Waals surface area contributed by atoms with E-state index < -0.39 is 0 Å². The van der Waals surface area contributed by atoms with Gasteiger partial charge in [-0.05, 0) is 54.8 Å². The van der Waals surface area contributed by atoms with Crippen molar-refractivity contribution in [2.24, 2.45) is 0 Å². The van der Waals surface area contributed by atoms with E-state index in [1.807, 2.05) is 29.2 Å². The highest BCUT2D eigenvalue weighted by molar-refractivity contribution is 8.04. The Bertz CT molecular complexity index is 1220. The van der Waals surface area contributed by atoms with E-state index in [4.69, 9.17) is 4.42 Å². The summed E-state index contributed by atoms with van der Waals surface area (Å²) in [5.74, 6) is 0.164. The van der Waals surface area contributed by atoms with Gasteiger partial charge in [-0.1, -0.05) is 43.2 Å². The van der Waals surface area contributed by atoms with Crippen LogP contribution in [0.4, 0.5) is 4.39 Å². The quantitative estimate of drug-likeness (QED) is 0.445. The van der Waals surface area contributed by atoms with Gasteiger partial charge in [-0.3, -0.25) is 9.59 Å². The van der Waals surface area contributed by atoms with E-state index in [0.29, 0.717) is 33.6 Å². The van der Waals surface area contributed by atoms with Crippen molar-refractivity contribution >= 4 is 29.7 Å². The van der Waals surface area contributed by atoms with E-state index >= 15 is 0 Å². The number of hydrogen-bond donors (Lipinski definition) is 1. The number of benzene rings is 2. The molecule has 180 valence electrons. The smallest absolute Gasteiger partial charge is 0.260 e. The van der Waals surface area contributed by atoms with Gasteiger partial charge in [0.05, 0.1) is 17.7 Å². The van der Waals surface area contributed by atoms with E-state index in [1.165, 1.54) is 6.07 Å². The molecule has 3 aromatic rings. The van der Waals surface area contributed by atoms with Crippen molar-refractivity contribution in [3.05, 3.63) is 100 Å². The summed E-state index contributed by atoms with van der Waals surface area (Å²) in [6.07, 6.45) is 7.68. The van der Waals surface area contributed by atoms with Crippen molar-refractivity contribution in [2.75, 3.05) is 0 Å². The number of rotatable bonds is 6. The highest BCUT2D eigenvalue weighted by atomic mass is 32.2. The number of carbonyl (C=O) groups excluding carboxylic acids is 2. The Morgan fingerprint density at radius 2 is 1.89 bits per heavy atom. The van der Waals surface area contributed by atoms with E-state index in [-0.39, 0.29) is 30.2 Å². The fraction of sp³-hybridized carbons (Fsp3) is 0.286. The zero-order chi connectivity index (χ0) is 24.2. The monoisotopic (exact) mass is 490 g/mol. The second kappa shape index (κ2) is 10.5. The Morgan fingerprint density at radius 1 is 1.09 bits per heavy atom. The number of nitrogens with zero attached hydrogens (tertiary/aromatic N) is 1. The van der Waals surface area contributed by atoms with Gasteiger partial charge in [0.25, 0.3) is 11.8 Å². The van der Waals surface area contributed by atoms with Crippen molar-refractivity contribution < 1.29 is 18.4 Å². The van der Waals surface area contributed by atoms with Crippen molar-refractivity contribution in [1.82, 2.24) is 10.2 Å². The summed E-state index contributed by atoms with van der Waals surface area (Å²) in [5.41, 5.74) is 1.93. The Balaban J connectivity index is 1.33. The van der Waals surface area contributed by atoms with Crippen LogP contribution < -0.4 is 5.32 Å². The first-order valence-electron chi connectivity index (χ1n) is 11.9. The molecule has 7 heteroatoms. The molecule has 2 unspecified atom stereocenters. The van der Waals surface area contributed by atoms with Gasteiger partial charge in [-0.2, -0.15) is 0 Å². The molecule has 2 fully saturated rings. The molecule has 0 spiro atoms. The summed E-state index contributed by atoms with van der Waals surface area (Å²) >= 11 is 1.64. The second-order valence-electron chi connectivity index (χ2n) is 8.93. The van der Waals surface area contributed by atoms with Gasteiger partial charge in [0.1, 0.15) is 11.6 Å². The number of carbonyl (C=O) groups is 2. The molecule has 1 saturated heterocycles. The Kier molecular flexibility index (Phi) is 7.04. The Labute approximate surface area is 208 Å². The zero-order valence-electron chi connectivity index (χ0n) is 19.3. The molecule has 0 radical (unpaired) electrons. The molecule has 1 N–H and O–H groups in total. The van der Waals surface area contributed by atoms with Crippen LogP contribution in [0, 0.1) is 5.82 Å². The predicted octanol–water partition coefficient (Wildman–Crippen LogP) is 5.78. The van der Waals surface area contributed by atoms with Crippen LogP contribution in [0.5, 0.6) is 0 Å². The molecular weight excluding hydrogens is 463 g/mol. The van der Waals surface area contributed by atoms with Gasteiger partial charge in [-0.25, -0.2) is 4.39 Å². The van der Waals surface area contributed by atoms with Crippen LogP contribution in [0.2, 0.25) is 0 Å². The second-order valence-corrected chi connectivity index (χ2v) is 10.2. The largest absolute Gasteiger partial charge is 0.467 e. The van der Waals surface area contributed by atoms with E-state index in [9.17, 15) is 14.0 Å². The average Bonchev–Trinajstić information content (AvgIpc) is 3.40. The van der Waals surface area contributed by atoms with Crippen LogP contribution in [0.15, 0.2) is 76.2 Å². The molecule has 2 aliphatic rings. The summed E-state index contributed by atoms with van der Waals surface area (Å²) in [6, 6.07) is 17.6. The molecule has 1 aliphatic carbocycles. The molecule has 0 bridgehead atoms. The summed E-state index contributed by atoms with van der Waals surface area (Å²) in [7, 11) is 0. The fourth-order valence-electron chi connectivity index (χ4n) is 4.74. The minimum atomic E-state index is -0.280. The lowest BCUT2D eigenvalue weighted by Gasteiger charge is -2.44. The van der Waals surface area contributed by atoms with Crippen LogP contribution in [-0.2, 0) is 17.9 Å². The minimum absolute atomic E-state index is 0.0540. The molecule has 2 heterocycles. The van der Waals surface area contributed by atoms with Crippen LogP contribution in [0.25, 0.3) is 6.08 Å². The van der Waals surface area contributed by atoms with Gasteiger partial charge in [0.2, 0.25) is 0 Å². The zero-order valence-corrected chi connectivity index (χ0v) is 20.1. The number of furan rings is 1. The number of hydrogen-bond acceptors (Lipinski definition) is 4. The fourth-order valence-corrected chi connectivity index (χ4v) is 6.21. The maximum atomic E-state index is 14.4. The number of fused-ring (bicyclic) bond motifs is 1. The first-order valence-corrected chi connectivity index (χ1v) is 12.8. The van der Waals surface area contributed by atoms with Crippen molar-refractivity contribution in [3.63, 3.8) is 0 Å². The predicted molar refractivity (Wildman–Crippen MR) is 135 cm³/mol. The average molecular weight is 491 g/mol. The van der Waals surface area contributed by atoms with Gasteiger partial charge in [0.15, 0.2) is 0 Å². The van der Waals surface area contributed by atoms with Crippen molar-refractivity contribution in [2.45, 2.75) is 50.1 Å². The SMILES string of the molecule is O=C(NCc1ccco1)c1ccc(/C=C2\SC3CCCCC3N(Cc3ccccc3F)C2=O)cc1. The Hall–Kier alpha value is -3.32. The van der Waals surface area contributed by atoms with Gasteiger partial charge < -0.3 is 14.6 Å². The molecule has 1 aromatic heterocycles. The normalized spacial score (nSPS) is 21.1. The van der Waals surface area contributed by atoms with Gasteiger partial charge in [-0.15, -0.1) is 11.8 Å². The molecule has 5 rings (SSSR count). The topological polar surface area (TPSA) is 62.6 Å². The third-order valence-corrected chi connectivity index (χ3v) is 7.99. The molecule has 1 aliphatic heterocycles. The van der Waals surface area contributed by atoms with Crippen LogP contribution in [0.3, 0.4) is 0 Å². The van der Waals surface area contributed by atoms with Crippen LogP contribution in [-0.4, -0.2) is 28.0 Å². The summed E-state index contributed by atoms with van der Waals surface area (Å²) in [4.78, 5) is 28.5.